The van der Waals surface area contributed by atoms with E-state index in [0.29, 0.717) is 5.84 Å². The molecule has 0 amide bonds. The summed E-state index contributed by atoms with van der Waals surface area (Å²) in [6.07, 6.45) is 0. The average molecular weight is 85.1 g/mol. The van der Waals surface area contributed by atoms with Gasteiger partial charge in [-0.05, 0) is 6.92 Å². The molecule has 6 heavy (non-hydrogen) atoms. The Bertz CT molecular complexity index is 56.6. The van der Waals surface area contributed by atoms with Crippen LogP contribution in [0.4, 0.5) is 0 Å². The minimum Gasteiger partial charge on any atom is -0.365 e. The molecule has 2 nitrogen and oxygen atoms in total. The maximum Gasteiger partial charge on any atom is 0.123 e. The van der Waals surface area contributed by atoms with Crippen molar-refractivity contribution in [2.24, 2.45) is 0 Å². The summed E-state index contributed by atoms with van der Waals surface area (Å²) >= 11 is 0. The van der Waals surface area contributed by atoms with Crippen molar-refractivity contribution >= 4 is 5.84 Å². The Labute approximate surface area is 38.3 Å². The van der Waals surface area contributed by atoms with Gasteiger partial charge in [0.1, 0.15) is 5.84 Å². The van der Waals surface area contributed by atoms with Gasteiger partial charge in [-0.2, -0.15) is 0 Å². The average Bonchev–Trinajstić information content (AvgIpc) is 1.36. The second-order valence-electron chi connectivity index (χ2n) is 1.44. The number of nitrogens with zero attached hydrogens (tertiary/aromatic N) is 2. The van der Waals surface area contributed by atoms with Crippen molar-refractivity contribution in [1.82, 2.24) is 10.3 Å². The summed E-state index contributed by atoms with van der Waals surface area (Å²) in [5.41, 5.74) is 0. The topological polar surface area (TPSA) is 25.5 Å². The molecule has 0 fully saturated rings. The van der Waals surface area contributed by atoms with Crippen molar-refractivity contribution in [2.75, 3.05) is 14.1 Å². The van der Waals surface area contributed by atoms with Crippen LogP contribution in [0, 0.1) is 0 Å². The zero-order valence-electron chi connectivity index (χ0n) is 4.39. The first-order valence-electron chi connectivity index (χ1n) is 1.84. The third kappa shape index (κ3) is 1.76. The molecule has 0 bridgehead atoms. The summed E-state index contributed by atoms with van der Waals surface area (Å²) in [5, 5.41) is 8.47. The quantitative estimate of drug-likeness (QED) is 0.294. The number of hydrogen-bond donors (Lipinski definition) is 0. The van der Waals surface area contributed by atoms with Crippen molar-refractivity contribution in [1.29, 1.82) is 0 Å². The van der Waals surface area contributed by atoms with Crippen LogP contribution in [0.1, 0.15) is 6.92 Å². The van der Waals surface area contributed by atoms with Gasteiger partial charge in [0.25, 0.3) is 0 Å². The first-order valence-corrected chi connectivity index (χ1v) is 1.84. The highest BCUT2D eigenvalue weighted by Crippen LogP contribution is 1.68. The molecule has 0 saturated carbocycles. The predicted octanol–water partition coefficient (Wildman–Crippen LogP) is -0.234. The lowest BCUT2D eigenvalue weighted by atomic mass is 10.6. The van der Waals surface area contributed by atoms with Crippen molar-refractivity contribution in [3.8, 4) is 0 Å². The van der Waals surface area contributed by atoms with Crippen LogP contribution >= 0.6 is 0 Å². The summed E-state index contributed by atoms with van der Waals surface area (Å²) < 4.78 is 0. The van der Waals surface area contributed by atoms with Crippen LogP contribution in [0.3, 0.4) is 0 Å². The Balaban J connectivity index is 3.26. The molecule has 0 aromatic heterocycles. The zero-order valence-corrected chi connectivity index (χ0v) is 4.39. The molecule has 0 heterocycles. The molecule has 0 unspecified atom stereocenters. The highest BCUT2D eigenvalue weighted by atomic mass is 15.1. The molecular formula is C4H9N2. The molecule has 0 spiro atoms. The largest absolute Gasteiger partial charge is 0.365 e. The molecule has 2 heteroatoms. The molecule has 0 aromatic rings. The lowest BCUT2D eigenvalue weighted by Crippen LogP contribution is -2.18. The van der Waals surface area contributed by atoms with Gasteiger partial charge in [0.2, 0.25) is 0 Å². The van der Waals surface area contributed by atoms with Gasteiger partial charge in [0, 0.05) is 14.1 Å². The van der Waals surface area contributed by atoms with Gasteiger partial charge < -0.3 is 4.90 Å². The minimum atomic E-state index is 0.343. The van der Waals surface area contributed by atoms with Crippen molar-refractivity contribution in [3.05, 3.63) is 0 Å². The molecule has 1 radical (unpaired) electrons. The van der Waals surface area contributed by atoms with Gasteiger partial charge in [0.15, 0.2) is 0 Å². The molecule has 0 aliphatic carbocycles. The van der Waals surface area contributed by atoms with E-state index < -0.39 is 0 Å². The Morgan fingerprint density at radius 1 is 1.50 bits per heavy atom. The molecule has 0 aliphatic heterocycles. The van der Waals surface area contributed by atoms with Gasteiger partial charge in [0.05, 0.1) is 0 Å². The van der Waals surface area contributed by atoms with Gasteiger partial charge in [-0.25, -0.2) is 0 Å². The van der Waals surface area contributed by atoms with E-state index in [-0.39, 0.29) is 0 Å². The van der Waals surface area contributed by atoms with Gasteiger partial charge in [-0.1, -0.05) is 0 Å². The number of hydrogen-bond acceptors (Lipinski definition) is 0. The second-order valence-corrected chi connectivity index (χ2v) is 1.44. The van der Waals surface area contributed by atoms with Crippen LogP contribution in [0.2, 0.25) is 0 Å². The summed E-state index contributed by atoms with van der Waals surface area (Å²) in [7, 11) is 3.57. The molecule has 0 N–H and O–H groups in total. The molecule has 0 rings (SSSR count). The molecule has 0 atom stereocenters. The number of amidine groups is 1. The van der Waals surface area contributed by atoms with Crippen LogP contribution in [0.5, 0.6) is 0 Å². The Kier molecular flexibility index (Phi) is 1.64. The Morgan fingerprint density at radius 3 is 1.67 bits per heavy atom. The first-order chi connectivity index (χ1) is 2.64. The second kappa shape index (κ2) is 1.80. The van der Waals surface area contributed by atoms with Crippen LogP contribution in [0.15, 0.2) is 0 Å². The van der Waals surface area contributed by atoms with E-state index in [2.05, 4.69) is 0 Å². The van der Waals surface area contributed by atoms with Gasteiger partial charge in [-0.15, -0.1) is 5.41 Å². The fraction of sp³-hybridized carbons (Fsp3) is 0.750. The summed E-state index contributed by atoms with van der Waals surface area (Å²) in [4.78, 5) is 1.64. The van der Waals surface area contributed by atoms with Crippen LogP contribution in [-0.2, 0) is 0 Å². The maximum absolute atomic E-state index is 8.47. The molecule has 0 aliphatic rings. The molecule has 35 valence electrons. The van der Waals surface area contributed by atoms with E-state index in [0.717, 1.165) is 0 Å². The van der Waals surface area contributed by atoms with Gasteiger partial charge >= 0.3 is 0 Å². The lowest BCUT2D eigenvalue weighted by molar-refractivity contribution is 0.619. The summed E-state index contributed by atoms with van der Waals surface area (Å²) in [6.45, 7) is 1.64. The van der Waals surface area contributed by atoms with Crippen molar-refractivity contribution < 1.29 is 0 Å². The van der Waals surface area contributed by atoms with E-state index in [4.69, 9.17) is 5.41 Å². The summed E-state index contributed by atoms with van der Waals surface area (Å²) in [5.74, 6) is 0.343. The van der Waals surface area contributed by atoms with Crippen LogP contribution < -0.4 is 5.41 Å². The van der Waals surface area contributed by atoms with E-state index in [1.165, 1.54) is 0 Å². The Hall–Kier alpha value is -0.530. The monoisotopic (exact) mass is 85.1 g/mol. The van der Waals surface area contributed by atoms with E-state index >= 15 is 0 Å². The predicted molar refractivity (Wildman–Crippen MR) is 26.5 cm³/mol. The summed E-state index contributed by atoms with van der Waals surface area (Å²) in [6, 6.07) is 0. The molecular weight excluding hydrogens is 76.1 g/mol. The maximum atomic E-state index is 8.47. The first kappa shape index (κ1) is 5.47. The third-order valence-corrected chi connectivity index (χ3v) is 0.647. The van der Waals surface area contributed by atoms with E-state index in [9.17, 15) is 0 Å². The van der Waals surface area contributed by atoms with Crippen LogP contribution in [-0.4, -0.2) is 24.8 Å². The van der Waals surface area contributed by atoms with E-state index in [1.54, 1.807) is 25.9 Å². The highest BCUT2D eigenvalue weighted by molar-refractivity contribution is 5.76. The van der Waals surface area contributed by atoms with E-state index in [1.807, 2.05) is 0 Å². The minimum absolute atomic E-state index is 0.343. The fourth-order valence-corrected chi connectivity index (χ4v) is 0. The SMILES string of the molecule is CC(=[N])N(C)C. The fourth-order valence-electron chi connectivity index (χ4n) is 0. The smallest absolute Gasteiger partial charge is 0.123 e. The standard InChI is InChI=1S/C4H9N2/c1-4(5)6(2)3/h1-3H3. The van der Waals surface area contributed by atoms with Crippen LogP contribution in [0.25, 0.3) is 0 Å². The van der Waals surface area contributed by atoms with Crippen molar-refractivity contribution in [2.45, 2.75) is 6.92 Å². The lowest BCUT2D eigenvalue weighted by Gasteiger charge is -2.04. The molecule has 0 aromatic carbocycles. The van der Waals surface area contributed by atoms with Gasteiger partial charge in [-0.3, -0.25) is 0 Å². The third-order valence-electron chi connectivity index (χ3n) is 0.647. The Morgan fingerprint density at radius 2 is 1.67 bits per heavy atom. The zero-order chi connectivity index (χ0) is 5.15. The number of rotatable bonds is 0. The normalized spacial score (nSPS) is 7.83. The van der Waals surface area contributed by atoms with Crippen molar-refractivity contribution in [3.63, 3.8) is 0 Å². The highest BCUT2D eigenvalue weighted by Gasteiger charge is 1.83. The molecule has 0 saturated heterocycles.